The Morgan fingerprint density at radius 3 is 2.71 bits per heavy atom. The number of hydrogen-bond acceptors (Lipinski definition) is 2. The number of benzene rings is 1. The standard InChI is InChI=1S/C18H28FNO/c1-12-9-14(3)15(4)20(11-12)8-7-18(21)16-6-5-13(2)17(19)10-16/h5-6,10,12,14-15,18,21H,7-9,11H2,1-4H3. The summed E-state index contributed by atoms with van der Waals surface area (Å²) in [5.74, 6) is 1.17. The minimum Gasteiger partial charge on any atom is -0.388 e. The van der Waals surface area contributed by atoms with E-state index in [1.54, 1.807) is 13.0 Å². The maximum absolute atomic E-state index is 13.6. The fourth-order valence-corrected chi connectivity index (χ4v) is 3.40. The molecule has 1 heterocycles. The maximum Gasteiger partial charge on any atom is 0.126 e. The van der Waals surface area contributed by atoms with Crippen LogP contribution in [0, 0.1) is 24.6 Å². The van der Waals surface area contributed by atoms with Crippen LogP contribution >= 0.6 is 0 Å². The zero-order valence-electron chi connectivity index (χ0n) is 13.6. The summed E-state index contributed by atoms with van der Waals surface area (Å²) in [5.41, 5.74) is 1.31. The molecule has 0 aliphatic carbocycles. The van der Waals surface area contributed by atoms with Gasteiger partial charge in [-0.25, -0.2) is 4.39 Å². The van der Waals surface area contributed by atoms with Crippen molar-refractivity contribution in [3.05, 3.63) is 35.1 Å². The van der Waals surface area contributed by atoms with Gasteiger partial charge in [-0.2, -0.15) is 0 Å². The summed E-state index contributed by atoms with van der Waals surface area (Å²) in [7, 11) is 0. The SMILES string of the molecule is Cc1ccc(C(O)CCN2CC(C)CC(C)C2C)cc1F. The zero-order valence-corrected chi connectivity index (χ0v) is 13.6. The first-order valence-electron chi connectivity index (χ1n) is 8.06. The van der Waals surface area contributed by atoms with E-state index < -0.39 is 6.10 Å². The number of halogens is 1. The third kappa shape index (κ3) is 4.04. The Kier molecular flexibility index (Phi) is 5.39. The molecule has 0 aromatic heterocycles. The molecule has 0 saturated carbocycles. The van der Waals surface area contributed by atoms with E-state index in [9.17, 15) is 9.50 Å². The molecule has 0 bridgehead atoms. The highest BCUT2D eigenvalue weighted by Gasteiger charge is 2.28. The largest absolute Gasteiger partial charge is 0.388 e. The Balaban J connectivity index is 1.93. The third-order valence-electron chi connectivity index (χ3n) is 4.99. The zero-order chi connectivity index (χ0) is 15.6. The lowest BCUT2D eigenvalue weighted by atomic mass is 9.86. The predicted octanol–water partition coefficient (Wildman–Crippen LogP) is 3.92. The van der Waals surface area contributed by atoms with E-state index in [1.807, 2.05) is 6.07 Å². The molecule has 1 aromatic rings. The van der Waals surface area contributed by atoms with E-state index in [2.05, 4.69) is 25.7 Å². The van der Waals surface area contributed by atoms with Gasteiger partial charge in [0.05, 0.1) is 6.10 Å². The van der Waals surface area contributed by atoms with Gasteiger partial charge in [-0.15, -0.1) is 0 Å². The molecule has 2 rings (SSSR count). The first kappa shape index (κ1) is 16.4. The smallest absolute Gasteiger partial charge is 0.126 e. The van der Waals surface area contributed by atoms with Crippen LogP contribution in [-0.4, -0.2) is 29.1 Å². The van der Waals surface area contributed by atoms with Crippen molar-refractivity contribution in [3.63, 3.8) is 0 Å². The molecule has 4 unspecified atom stereocenters. The molecule has 1 fully saturated rings. The van der Waals surface area contributed by atoms with Crippen LogP contribution in [-0.2, 0) is 0 Å². The average molecular weight is 293 g/mol. The van der Waals surface area contributed by atoms with Gasteiger partial charge in [0.1, 0.15) is 5.82 Å². The number of nitrogens with zero attached hydrogens (tertiary/aromatic N) is 1. The van der Waals surface area contributed by atoms with Crippen molar-refractivity contribution >= 4 is 0 Å². The van der Waals surface area contributed by atoms with Gasteiger partial charge in [0, 0.05) is 19.1 Å². The van der Waals surface area contributed by atoms with E-state index in [0.717, 1.165) is 13.1 Å². The van der Waals surface area contributed by atoms with Gasteiger partial charge in [-0.1, -0.05) is 26.0 Å². The Labute approximate surface area is 128 Å². The lowest BCUT2D eigenvalue weighted by Gasteiger charge is -2.41. The van der Waals surface area contributed by atoms with Gasteiger partial charge < -0.3 is 10.0 Å². The van der Waals surface area contributed by atoms with Crippen molar-refractivity contribution in [2.24, 2.45) is 11.8 Å². The number of aliphatic hydroxyl groups is 1. The number of aliphatic hydroxyl groups excluding tert-OH is 1. The summed E-state index contributed by atoms with van der Waals surface area (Å²) in [4.78, 5) is 2.46. The molecule has 3 heteroatoms. The van der Waals surface area contributed by atoms with E-state index in [4.69, 9.17) is 0 Å². The summed E-state index contributed by atoms with van der Waals surface area (Å²) in [5, 5.41) is 10.3. The Morgan fingerprint density at radius 2 is 2.05 bits per heavy atom. The topological polar surface area (TPSA) is 23.5 Å². The molecule has 2 nitrogen and oxygen atoms in total. The summed E-state index contributed by atoms with van der Waals surface area (Å²) in [6, 6.07) is 5.59. The van der Waals surface area contributed by atoms with Crippen molar-refractivity contribution in [3.8, 4) is 0 Å². The van der Waals surface area contributed by atoms with Crippen molar-refractivity contribution in [1.82, 2.24) is 4.90 Å². The van der Waals surface area contributed by atoms with Gasteiger partial charge in [-0.05, 0) is 55.7 Å². The number of aryl methyl sites for hydroxylation is 1. The average Bonchev–Trinajstić information content (AvgIpc) is 2.43. The molecule has 4 atom stereocenters. The van der Waals surface area contributed by atoms with Crippen LogP contribution in [0.4, 0.5) is 4.39 Å². The predicted molar refractivity (Wildman–Crippen MR) is 84.7 cm³/mol. The van der Waals surface area contributed by atoms with Crippen LogP contribution in [0.3, 0.4) is 0 Å². The minimum absolute atomic E-state index is 0.236. The first-order chi connectivity index (χ1) is 9.88. The minimum atomic E-state index is -0.583. The van der Waals surface area contributed by atoms with Crippen LogP contribution in [0.2, 0.25) is 0 Å². The van der Waals surface area contributed by atoms with E-state index in [-0.39, 0.29) is 5.82 Å². The molecule has 1 aliphatic rings. The highest BCUT2D eigenvalue weighted by molar-refractivity contribution is 5.24. The van der Waals surface area contributed by atoms with Crippen LogP contribution in [0.15, 0.2) is 18.2 Å². The molecule has 118 valence electrons. The number of hydrogen-bond donors (Lipinski definition) is 1. The number of likely N-dealkylation sites (tertiary alicyclic amines) is 1. The quantitative estimate of drug-likeness (QED) is 0.909. The van der Waals surface area contributed by atoms with Gasteiger partial charge in [0.2, 0.25) is 0 Å². The van der Waals surface area contributed by atoms with Crippen molar-refractivity contribution < 1.29 is 9.50 Å². The lowest BCUT2D eigenvalue weighted by Crippen LogP contribution is -2.46. The third-order valence-corrected chi connectivity index (χ3v) is 4.99. The molecule has 1 N–H and O–H groups in total. The molecule has 0 spiro atoms. The lowest BCUT2D eigenvalue weighted by molar-refractivity contribution is 0.0598. The highest BCUT2D eigenvalue weighted by Crippen LogP contribution is 2.28. The van der Waals surface area contributed by atoms with Crippen LogP contribution < -0.4 is 0 Å². The van der Waals surface area contributed by atoms with Gasteiger partial charge in [0.15, 0.2) is 0 Å². The van der Waals surface area contributed by atoms with Crippen molar-refractivity contribution in [1.29, 1.82) is 0 Å². The summed E-state index contributed by atoms with van der Waals surface area (Å²) in [6.45, 7) is 10.6. The van der Waals surface area contributed by atoms with Crippen LogP contribution in [0.25, 0.3) is 0 Å². The molecular formula is C18H28FNO. The molecule has 1 aromatic carbocycles. The van der Waals surface area contributed by atoms with Crippen LogP contribution in [0.1, 0.15) is 50.8 Å². The molecule has 1 saturated heterocycles. The normalized spacial score (nSPS) is 28.6. The Bertz CT molecular complexity index is 476. The Morgan fingerprint density at radius 1 is 1.33 bits per heavy atom. The summed E-state index contributed by atoms with van der Waals surface area (Å²) in [6.07, 6.45) is 1.36. The fraction of sp³-hybridized carbons (Fsp3) is 0.667. The van der Waals surface area contributed by atoms with E-state index in [1.165, 1.54) is 12.5 Å². The van der Waals surface area contributed by atoms with Gasteiger partial charge in [-0.3, -0.25) is 0 Å². The highest BCUT2D eigenvalue weighted by atomic mass is 19.1. The van der Waals surface area contributed by atoms with Gasteiger partial charge in [0.25, 0.3) is 0 Å². The summed E-state index contributed by atoms with van der Waals surface area (Å²) >= 11 is 0. The monoisotopic (exact) mass is 293 g/mol. The van der Waals surface area contributed by atoms with Gasteiger partial charge >= 0.3 is 0 Å². The van der Waals surface area contributed by atoms with Crippen molar-refractivity contribution in [2.75, 3.05) is 13.1 Å². The number of rotatable bonds is 4. The number of piperidine rings is 1. The molecule has 1 aliphatic heterocycles. The second-order valence-corrected chi connectivity index (χ2v) is 6.87. The Hall–Kier alpha value is -0.930. The molecule has 0 amide bonds. The first-order valence-corrected chi connectivity index (χ1v) is 8.06. The van der Waals surface area contributed by atoms with E-state index >= 15 is 0 Å². The second-order valence-electron chi connectivity index (χ2n) is 6.87. The molecule has 0 radical (unpaired) electrons. The second kappa shape index (κ2) is 6.89. The molecule has 21 heavy (non-hydrogen) atoms. The fourth-order valence-electron chi connectivity index (χ4n) is 3.40. The van der Waals surface area contributed by atoms with E-state index in [0.29, 0.717) is 35.4 Å². The maximum atomic E-state index is 13.6. The summed E-state index contributed by atoms with van der Waals surface area (Å²) < 4.78 is 13.6. The van der Waals surface area contributed by atoms with Crippen molar-refractivity contribution in [2.45, 2.75) is 52.7 Å². The molecular weight excluding hydrogens is 265 g/mol. The van der Waals surface area contributed by atoms with Crippen LogP contribution in [0.5, 0.6) is 0 Å².